The van der Waals surface area contributed by atoms with Crippen molar-refractivity contribution in [3.8, 4) is 11.8 Å². The van der Waals surface area contributed by atoms with E-state index in [0.717, 1.165) is 5.39 Å². The van der Waals surface area contributed by atoms with Gasteiger partial charge in [-0.05, 0) is 147 Å². The average molecular weight is 1140 g/mol. The lowest BCUT2D eigenvalue weighted by atomic mass is 9.98. The fourth-order valence-corrected chi connectivity index (χ4v) is 10.9. The third-order valence-electron chi connectivity index (χ3n) is 13.8. The Morgan fingerprint density at radius 2 is 1.11 bits per heavy atom. The maximum Gasteiger partial charge on any atom is 0.401 e. The summed E-state index contributed by atoms with van der Waals surface area (Å²) in [5.41, 5.74) is 3.18. The normalized spacial score (nSPS) is 17.1. The third-order valence-corrected chi connectivity index (χ3v) is 17.3. The number of amides is 2. The molecule has 426 valence electrons. The zero-order valence-corrected chi connectivity index (χ0v) is 45.7. The van der Waals surface area contributed by atoms with E-state index in [2.05, 4.69) is 25.3 Å². The number of pyridine rings is 2. The molecule has 2 fully saturated rings. The van der Waals surface area contributed by atoms with E-state index in [0.29, 0.717) is 94.1 Å². The predicted octanol–water partition coefficient (Wildman–Crippen LogP) is 8.65. The number of nitrogens with one attached hydrogen (secondary N) is 2. The van der Waals surface area contributed by atoms with E-state index >= 15 is 0 Å². The Kier molecular flexibility index (Phi) is 19.7. The summed E-state index contributed by atoms with van der Waals surface area (Å²) >= 11 is 0. The number of halogens is 5. The molecule has 0 aliphatic carbocycles. The molecule has 4 aromatic carbocycles. The molecule has 0 radical (unpaired) electrons. The van der Waals surface area contributed by atoms with E-state index in [4.69, 9.17) is 9.47 Å². The number of carbonyl (C=O) groups is 2. The number of aliphatic hydroxyl groups excluding tert-OH is 2. The molecule has 2 amide bonds. The van der Waals surface area contributed by atoms with Crippen molar-refractivity contribution in [2.75, 3.05) is 64.2 Å². The van der Waals surface area contributed by atoms with Gasteiger partial charge in [-0.25, -0.2) is 26.8 Å². The highest BCUT2D eigenvalue weighted by atomic mass is 32.2. The summed E-state index contributed by atoms with van der Waals surface area (Å²) in [6, 6.07) is 24.3. The van der Waals surface area contributed by atoms with E-state index in [1.165, 1.54) is 29.2 Å². The SMILES string of the molecule is CCS(=O)(=O)c1ccc([C@H](CO)NC(=O)c2ccc3c(OCC4CCC(F)(F)OC4)nc(C)cc3c2)cc1.CCS(=O)(=O)c1ccc([C@H](CO)NC(=O)c2ccc3c(OCC4CCN(CC(F)(F)F)CC4)nc(C)cc3c2)cc1. The maximum atomic E-state index is 13.2. The molecule has 3 atom stereocenters. The summed E-state index contributed by atoms with van der Waals surface area (Å²) in [4.78, 5) is 36.8. The smallest absolute Gasteiger partial charge is 0.401 e. The van der Waals surface area contributed by atoms with Crippen LogP contribution in [-0.2, 0) is 24.4 Å². The minimum atomic E-state index is -4.20. The summed E-state index contributed by atoms with van der Waals surface area (Å²) in [5, 5.41) is 28.2. The van der Waals surface area contributed by atoms with Crippen LogP contribution in [0.2, 0.25) is 0 Å². The number of hydrogen-bond donors (Lipinski definition) is 4. The predicted molar refractivity (Wildman–Crippen MR) is 286 cm³/mol. The number of rotatable bonds is 19. The van der Waals surface area contributed by atoms with Crippen molar-refractivity contribution < 1.29 is 72.8 Å². The zero-order chi connectivity index (χ0) is 57.3. The number of likely N-dealkylation sites (tertiary alicyclic amines) is 1. The van der Waals surface area contributed by atoms with Gasteiger partial charge in [0.25, 0.3) is 11.8 Å². The fourth-order valence-electron chi connectivity index (χ4n) is 9.17. The molecule has 4 N–H and O–H groups in total. The molecule has 16 nitrogen and oxygen atoms in total. The standard InChI is InChI=1S/C29H34F3N3O5S.C27H30F2N2O6S/c1-3-41(38,39)24-7-4-21(5-8-24)26(16-36)34-27(37)22-6-9-25-23(15-22)14-19(2)33-28(25)40-17-20-10-12-35(13-11-20)18-29(30,31)32;1-3-38(34,35)22-7-4-19(5-8-22)24(14-32)31-25(33)20-6-9-23-21(13-20)12-17(2)30-26(23)36-15-18-10-11-27(28,29)37-16-18/h4-9,14-15,20,26,36H,3,10-13,16-18H2,1-2H3,(H,34,37);4-9,12-13,18,24,32H,3,10-11,14-16H2,1-2H3,(H,31,33)/t26-;18?,24-/m00/s1. The second-order valence-corrected chi connectivity index (χ2v) is 24.2. The lowest BCUT2D eigenvalue weighted by Gasteiger charge is -2.32. The number of carbonyl (C=O) groups excluding carboxylic acids is 2. The highest BCUT2D eigenvalue weighted by molar-refractivity contribution is 7.91. The fraction of sp³-hybridized carbons (Fsp3) is 0.429. The quantitative estimate of drug-likeness (QED) is 0.0558. The van der Waals surface area contributed by atoms with Crippen molar-refractivity contribution in [2.24, 2.45) is 11.8 Å². The van der Waals surface area contributed by atoms with Crippen LogP contribution in [0.4, 0.5) is 22.0 Å². The molecular formula is C56H64F5N5O11S2. The van der Waals surface area contributed by atoms with E-state index in [1.54, 1.807) is 94.4 Å². The molecule has 79 heavy (non-hydrogen) atoms. The number of aromatic nitrogens is 2. The Balaban J connectivity index is 0.000000229. The van der Waals surface area contributed by atoms with Gasteiger partial charge in [0, 0.05) is 45.6 Å². The summed E-state index contributed by atoms with van der Waals surface area (Å²) in [6.07, 6.45) is -6.15. The van der Waals surface area contributed by atoms with Crippen molar-refractivity contribution in [2.45, 2.75) is 87.5 Å². The first-order valence-electron chi connectivity index (χ1n) is 25.8. The number of alkyl halides is 5. The minimum Gasteiger partial charge on any atom is -0.477 e. The van der Waals surface area contributed by atoms with Crippen molar-refractivity contribution in [1.29, 1.82) is 0 Å². The number of aliphatic hydroxyl groups is 2. The average Bonchev–Trinajstić information content (AvgIpc) is 3.43. The van der Waals surface area contributed by atoms with Crippen LogP contribution in [0.3, 0.4) is 0 Å². The van der Waals surface area contributed by atoms with Gasteiger partial charge >= 0.3 is 12.3 Å². The lowest BCUT2D eigenvalue weighted by molar-refractivity contribution is -0.269. The van der Waals surface area contributed by atoms with E-state index in [9.17, 15) is 58.6 Å². The van der Waals surface area contributed by atoms with Gasteiger partial charge in [-0.15, -0.1) is 0 Å². The van der Waals surface area contributed by atoms with Crippen LogP contribution in [0.25, 0.3) is 21.5 Å². The van der Waals surface area contributed by atoms with Crippen LogP contribution in [0.1, 0.15) is 94.8 Å². The number of sulfone groups is 2. The van der Waals surface area contributed by atoms with Gasteiger partial charge in [0.1, 0.15) is 0 Å². The molecule has 0 spiro atoms. The number of ether oxygens (including phenoxy) is 3. The molecule has 2 saturated heterocycles. The van der Waals surface area contributed by atoms with Gasteiger partial charge in [-0.2, -0.15) is 22.0 Å². The van der Waals surface area contributed by atoms with Crippen LogP contribution in [0.5, 0.6) is 11.8 Å². The van der Waals surface area contributed by atoms with E-state index in [-0.39, 0.29) is 72.4 Å². The molecule has 23 heteroatoms. The molecule has 6 aromatic rings. The van der Waals surface area contributed by atoms with E-state index in [1.807, 2.05) is 6.07 Å². The highest BCUT2D eigenvalue weighted by Gasteiger charge is 2.37. The molecule has 2 aromatic heterocycles. The molecule has 2 aliphatic rings. The van der Waals surface area contributed by atoms with Gasteiger partial charge in [0.15, 0.2) is 19.7 Å². The first-order valence-corrected chi connectivity index (χ1v) is 29.1. The first kappa shape index (κ1) is 60.3. The van der Waals surface area contributed by atoms with Crippen LogP contribution in [-0.4, -0.2) is 130 Å². The van der Waals surface area contributed by atoms with Gasteiger partial charge in [-0.1, -0.05) is 38.1 Å². The largest absolute Gasteiger partial charge is 0.477 e. The van der Waals surface area contributed by atoms with Crippen molar-refractivity contribution in [3.05, 3.63) is 131 Å². The number of benzene rings is 4. The number of fused-ring (bicyclic) bond motifs is 2. The maximum absolute atomic E-state index is 13.2. The Labute approximate surface area is 455 Å². The van der Waals surface area contributed by atoms with Gasteiger partial charge in [0.05, 0.1) is 73.0 Å². The first-order chi connectivity index (χ1) is 37.4. The molecule has 0 bridgehead atoms. The summed E-state index contributed by atoms with van der Waals surface area (Å²) < 4.78 is 129. The monoisotopic (exact) mass is 1140 g/mol. The number of hydrogen-bond acceptors (Lipinski definition) is 14. The Hall–Kier alpha value is -6.37. The summed E-state index contributed by atoms with van der Waals surface area (Å²) in [7, 11) is -6.72. The second-order valence-electron chi connectivity index (χ2n) is 19.7. The molecule has 2 aliphatic heterocycles. The molecule has 8 rings (SSSR count). The lowest BCUT2D eigenvalue weighted by Crippen LogP contribution is -2.41. The number of aryl methyl sites for hydroxylation is 2. The summed E-state index contributed by atoms with van der Waals surface area (Å²) in [5.74, 6) is -0.200. The number of piperidine rings is 1. The molecular weight excluding hydrogens is 1080 g/mol. The Morgan fingerprint density at radius 3 is 1.49 bits per heavy atom. The van der Waals surface area contributed by atoms with Crippen LogP contribution < -0.4 is 20.1 Å². The summed E-state index contributed by atoms with van der Waals surface area (Å²) in [6.45, 7) is 6.22. The minimum absolute atomic E-state index is 0.0237. The topological polar surface area (TPSA) is 224 Å². The molecule has 1 unspecified atom stereocenters. The van der Waals surface area contributed by atoms with Crippen LogP contribution >= 0.6 is 0 Å². The van der Waals surface area contributed by atoms with Gasteiger partial charge in [0.2, 0.25) is 11.8 Å². The third kappa shape index (κ3) is 16.2. The van der Waals surface area contributed by atoms with E-state index < -0.39 is 62.4 Å². The Bertz CT molecular complexity index is 3320. The van der Waals surface area contributed by atoms with Crippen LogP contribution in [0.15, 0.2) is 107 Å². The second kappa shape index (κ2) is 25.8. The molecule has 4 heterocycles. The van der Waals surface area contributed by atoms with Crippen molar-refractivity contribution in [1.82, 2.24) is 25.5 Å². The van der Waals surface area contributed by atoms with Gasteiger partial charge < -0.3 is 35.1 Å². The van der Waals surface area contributed by atoms with Crippen molar-refractivity contribution >= 4 is 53.0 Å². The Morgan fingerprint density at radius 1 is 0.684 bits per heavy atom. The molecule has 0 saturated carbocycles. The number of nitrogens with zero attached hydrogens (tertiary/aromatic N) is 3. The van der Waals surface area contributed by atoms with Crippen LogP contribution in [0, 0.1) is 25.7 Å². The van der Waals surface area contributed by atoms with Crippen molar-refractivity contribution in [3.63, 3.8) is 0 Å². The van der Waals surface area contributed by atoms with Gasteiger partial charge in [-0.3, -0.25) is 14.5 Å². The highest BCUT2D eigenvalue weighted by Crippen LogP contribution is 2.33. The zero-order valence-electron chi connectivity index (χ0n) is 44.1.